The highest BCUT2D eigenvalue weighted by atomic mass is 16.3. The molecule has 90 valence electrons. The molecule has 0 saturated heterocycles. The van der Waals surface area contributed by atoms with Gasteiger partial charge < -0.3 is 15.5 Å². The van der Waals surface area contributed by atoms with Crippen molar-refractivity contribution in [3.63, 3.8) is 0 Å². The molecule has 0 unspecified atom stereocenters. The van der Waals surface area contributed by atoms with E-state index in [0.29, 0.717) is 12.4 Å². The number of fused-ring (bicyclic) bond motifs is 1. The van der Waals surface area contributed by atoms with Crippen molar-refractivity contribution >= 4 is 17.0 Å². The number of amides is 1. The number of hydrogen-bond donors (Lipinski definition) is 2. The van der Waals surface area contributed by atoms with Gasteiger partial charge in [-0.15, -0.1) is 0 Å². The Morgan fingerprint density at radius 2 is 2.35 bits per heavy atom. The van der Waals surface area contributed by atoms with Crippen LogP contribution in [0.25, 0.3) is 11.1 Å². The lowest BCUT2D eigenvalue weighted by molar-refractivity contribution is -0.117. The molecule has 0 saturated carbocycles. The zero-order valence-electron chi connectivity index (χ0n) is 9.69. The van der Waals surface area contributed by atoms with Crippen LogP contribution in [0.15, 0.2) is 22.6 Å². The van der Waals surface area contributed by atoms with Crippen molar-refractivity contribution in [1.29, 1.82) is 0 Å². The molecule has 0 radical (unpaired) electrons. The van der Waals surface area contributed by atoms with Gasteiger partial charge in [-0.25, -0.2) is 4.98 Å². The lowest BCUT2D eigenvalue weighted by Gasteiger charge is -2.02. The van der Waals surface area contributed by atoms with Gasteiger partial charge in [0.1, 0.15) is 5.52 Å². The van der Waals surface area contributed by atoms with Crippen molar-refractivity contribution in [2.24, 2.45) is 5.73 Å². The van der Waals surface area contributed by atoms with Crippen molar-refractivity contribution in [2.75, 3.05) is 13.1 Å². The summed E-state index contributed by atoms with van der Waals surface area (Å²) in [6, 6.07) is 5.91. The summed E-state index contributed by atoms with van der Waals surface area (Å²) in [6.45, 7) is 2.75. The van der Waals surface area contributed by atoms with Crippen molar-refractivity contribution in [3.05, 3.63) is 29.7 Å². The number of hydrogen-bond acceptors (Lipinski definition) is 4. The zero-order valence-corrected chi connectivity index (χ0v) is 9.69. The molecular weight excluding hydrogens is 218 g/mol. The molecule has 1 heterocycles. The highest BCUT2D eigenvalue weighted by Gasteiger charge is 2.03. The topological polar surface area (TPSA) is 81.1 Å². The van der Waals surface area contributed by atoms with Crippen LogP contribution in [0.2, 0.25) is 0 Å². The first-order valence-electron chi connectivity index (χ1n) is 5.50. The molecule has 5 heteroatoms. The van der Waals surface area contributed by atoms with Gasteiger partial charge in [0.2, 0.25) is 5.91 Å². The predicted molar refractivity (Wildman–Crippen MR) is 64.5 cm³/mol. The summed E-state index contributed by atoms with van der Waals surface area (Å²) in [6.07, 6.45) is 0.828. The van der Waals surface area contributed by atoms with Crippen molar-refractivity contribution in [3.8, 4) is 0 Å². The van der Waals surface area contributed by atoms with Crippen LogP contribution in [0.3, 0.4) is 0 Å². The lowest BCUT2D eigenvalue weighted by Crippen LogP contribution is -2.29. The summed E-state index contributed by atoms with van der Waals surface area (Å²) < 4.78 is 5.39. The Labute approximate surface area is 99.0 Å². The average Bonchev–Trinajstić information content (AvgIpc) is 2.63. The summed E-state index contributed by atoms with van der Waals surface area (Å²) in [5.74, 6) is 0.330. The summed E-state index contributed by atoms with van der Waals surface area (Å²) in [4.78, 5) is 14.8. The van der Waals surface area contributed by atoms with E-state index >= 15 is 0 Å². The summed E-state index contributed by atoms with van der Waals surface area (Å²) in [5.41, 5.74) is 7.85. The quantitative estimate of drug-likeness (QED) is 0.747. The van der Waals surface area contributed by atoms with Gasteiger partial charge in [0.25, 0.3) is 0 Å². The molecule has 0 bridgehead atoms. The standard InChI is InChI=1S/C12H15N3O2/c1-8-15-10-6-9(2-3-11(10)17-8)4-5-14-7-12(13)16/h2-3,6,14H,4-5,7H2,1H3,(H2,13,16). The van der Waals surface area contributed by atoms with E-state index < -0.39 is 0 Å². The molecule has 0 aliphatic carbocycles. The number of aromatic nitrogens is 1. The number of carbonyl (C=O) groups excluding carboxylic acids is 1. The minimum absolute atomic E-state index is 0.214. The van der Waals surface area contributed by atoms with Gasteiger partial charge in [0.05, 0.1) is 6.54 Å². The number of nitrogens with zero attached hydrogens (tertiary/aromatic N) is 1. The Bertz CT molecular complexity index is 534. The molecule has 2 aromatic rings. The number of carbonyl (C=O) groups is 1. The summed E-state index contributed by atoms with van der Waals surface area (Å²) in [7, 11) is 0. The fraction of sp³-hybridized carbons (Fsp3) is 0.333. The third-order valence-corrected chi connectivity index (χ3v) is 2.45. The first-order valence-corrected chi connectivity index (χ1v) is 5.50. The molecule has 3 N–H and O–H groups in total. The van der Waals surface area contributed by atoms with E-state index in [1.54, 1.807) is 0 Å². The van der Waals surface area contributed by atoms with Gasteiger partial charge >= 0.3 is 0 Å². The summed E-state index contributed by atoms with van der Waals surface area (Å²) in [5, 5.41) is 2.97. The molecule has 0 aliphatic heterocycles. The predicted octanol–water partition coefficient (Wildman–Crippen LogP) is 0.754. The molecule has 1 aromatic carbocycles. The van der Waals surface area contributed by atoms with E-state index in [1.807, 2.05) is 25.1 Å². The second kappa shape index (κ2) is 4.97. The maximum Gasteiger partial charge on any atom is 0.231 e. The fourth-order valence-electron chi connectivity index (χ4n) is 1.69. The number of aryl methyl sites for hydroxylation is 1. The number of rotatable bonds is 5. The molecular formula is C12H15N3O2. The maximum absolute atomic E-state index is 10.5. The van der Waals surface area contributed by atoms with Crippen LogP contribution < -0.4 is 11.1 Å². The molecule has 0 spiro atoms. The first-order chi connectivity index (χ1) is 8.15. The molecule has 5 nitrogen and oxygen atoms in total. The van der Waals surface area contributed by atoms with E-state index in [-0.39, 0.29) is 12.5 Å². The van der Waals surface area contributed by atoms with E-state index in [0.717, 1.165) is 23.1 Å². The van der Waals surface area contributed by atoms with Crippen LogP contribution in [-0.4, -0.2) is 24.0 Å². The lowest BCUT2D eigenvalue weighted by atomic mass is 10.1. The highest BCUT2D eigenvalue weighted by molar-refractivity contribution is 5.76. The third kappa shape index (κ3) is 3.04. The minimum Gasteiger partial charge on any atom is -0.441 e. The number of oxazole rings is 1. The van der Waals surface area contributed by atoms with E-state index in [1.165, 1.54) is 0 Å². The Hall–Kier alpha value is -1.88. The SMILES string of the molecule is Cc1nc2cc(CCNCC(N)=O)ccc2o1. The second-order valence-electron chi connectivity index (χ2n) is 3.93. The van der Waals surface area contributed by atoms with Crippen molar-refractivity contribution in [1.82, 2.24) is 10.3 Å². The smallest absolute Gasteiger partial charge is 0.231 e. The highest BCUT2D eigenvalue weighted by Crippen LogP contribution is 2.16. The Kier molecular flexibility index (Phi) is 3.39. The molecule has 0 atom stereocenters. The van der Waals surface area contributed by atoms with E-state index in [4.69, 9.17) is 10.2 Å². The van der Waals surface area contributed by atoms with Crippen LogP contribution in [0, 0.1) is 6.92 Å². The Morgan fingerprint density at radius 1 is 1.53 bits per heavy atom. The number of nitrogens with two attached hydrogens (primary N) is 1. The first kappa shape index (κ1) is 11.6. The minimum atomic E-state index is -0.340. The van der Waals surface area contributed by atoms with Crippen LogP contribution in [0.1, 0.15) is 11.5 Å². The number of benzene rings is 1. The fourth-order valence-corrected chi connectivity index (χ4v) is 1.69. The van der Waals surface area contributed by atoms with Crippen LogP contribution in [0.4, 0.5) is 0 Å². The van der Waals surface area contributed by atoms with Crippen LogP contribution in [-0.2, 0) is 11.2 Å². The molecule has 1 amide bonds. The zero-order chi connectivity index (χ0) is 12.3. The normalized spacial score (nSPS) is 10.9. The largest absolute Gasteiger partial charge is 0.441 e. The van der Waals surface area contributed by atoms with Gasteiger partial charge in [0, 0.05) is 6.92 Å². The van der Waals surface area contributed by atoms with Gasteiger partial charge in [-0.1, -0.05) is 6.07 Å². The second-order valence-corrected chi connectivity index (χ2v) is 3.93. The van der Waals surface area contributed by atoms with Gasteiger partial charge in [-0.3, -0.25) is 4.79 Å². The van der Waals surface area contributed by atoms with E-state index in [9.17, 15) is 4.79 Å². The van der Waals surface area contributed by atoms with Crippen molar-refractivity contribution in [2.45, 2.75) is 13.3 Å². The van der Waals surface area contributed by atoms with Crippen molar-refractivity contribution < 1.29 is 9.21 Å². The molecule has 1 aromatic heterocycles. The molecule has 0 fully saturated rings. The van der Waals surface area contributed by atoms with Gasteiger partial charge in [0.15, 0.2) is 11.5 Å². The van der Waals surface area contributed by atoms with E-state index in [2.05, 4.69) is 10.3 Å². The van der Waals surface area contributed by atoms with Gasteiger partial charge in [-0.05, 0) is 30.7 Å². The number of primary amides is 1. The summed E-state index contributed by atoms with van der Waals surface area (Å²) >= 11 is 0. The Morgan fingerprint density at radius 3 is 3.12 bits per heavy atom. The van der Waals surface area contributed by atoms with Crippen LogP contribution >= 0.6 is 0 Å². The molecule has 17 heavy (non-hydrogen) atoms. The maximum atomic E-state index is 10.5. The Balaban J connectivity index is 1.96. The van der Waals surface area contributed by atoms with Crippen LogP contribution in [0.5, 0.6) is 0 Å². The van der Waals surface area contributed by atoms with Gasteiger partial charge in [-0.2, -0.15) is 0 Å². The third-order valence-electron chi connectivity index (χ3n) is 2.45. The number of nitrogens with one attached hydrogen (secondary N) is 1. The monoisotopic (exact) mass is 233 g/mol. The molecule has 0 aliphatic rings. The average molecular weight is 233 g/mol. The molecule has 2 rings (SSSR count).